The monoisotopic (exact) mass is 414 g/mol. The molecule has 0 unspecified atom stereocenters. The normalized spacial score (nSPS) is 12.0. The zero-order chi connectivity index (χ0) is 20.2. The Hall–Kier alpha value is -3.33. The second kappa shape index (κ2) is 8.36. The van der Waals surface area contributed by atoms with E-state index < -0.39 is 5.97 Å². The van der Waals surface area contributed by atoms with Crippen LogP contribution in [-0.2, 0) is 9.53 Å². The van der Waals surface area contributed by atoms with Gasteiger partial charge in [0, 0.05) is 18.0 Å². The highest BCUT2D eigenvalue weighted by molar-refractivity contribution is 7.99. The van der Waals surface area contributed by atoms with Gasteiger partial charge in [0.2, 0.25) is 6.79 Å². The van der Waals surface area contributed by atoms with Crippen molar-refractivity contribution in [3.63, 3.8) is 0 Å². The van der Waals surface area contributed by atoms with E-state index in [1.165, 1.54) is 12.1 Å². The molecular formula is C20H15FN2O5S. The molecular weight excluding hydrogens is 399 g/mol. The number of nitrogens with zero attached hydrogens (tertiary/aromatic N) is 2. The van der Waals surface area contributed by atoms with Crippen molar-refractivity contribution in [3.8, 4) is 17.2 Å². The number of ether oxygens (including phenoxy) is 3. The highest BCUT2D eigenvalue weighted by atomic mass is 32.2. The van der Waals surface area contributed by atoms with Gasteiger partial charge in [-0.25, -0.2) is 9.37 Å². The smallest absolute Gasteiger partial charge is 0.316 e. The molecule has 4 rings (SSSR count). The van der Waals surface area contributed by atoms with Gasteiger partial charge in [0.05, 0.1) is 11.4 Å². The average Bonchev–Trinajstić information content (AvgIpc) is 3.39. The fourth-order valence-corrected chi connectivity index (χ4v) is 3.45. The van der Waals surface area contributed by atoms with Crippen LogP contribution in [0, 0.1) is 5.82 Å². The van der Waals surface area contributed by atoms with Crippen molar-refractivity contribution in [2.24, 2.45) is 0 Å². The van der Waals surface area contributed by atoms with E-state index in [9.17, 15) is 14.0 Å². The third-order valence-electron chi connectivity index (χ3n) is 4.07. The number of thioether (sulfide) groups is 1. The van der Waals surface area contributed by atoms with Crippen molar-refractivity contribution in [1.82, 2.24) is 9.55 Å². The molecule has 0 saturated heterocycles. The molecule has 7 nitrogen and oxygen atoms in total. The molecule has 0 atom stereocenters. The maximum absolute atomic E-state index is 13.4. The molecule has 1 aliphatic rings. The third-order valence-corrected chi connectivity index (χ3v) is 5.01. The Kier molecular flexibility index (Phi) is 5.48. The summed E-state index contributed by atoms with van der Waals surface area (Å²) in [7, 11) is 0. The van der Waals surface area contributed by atoms with Crippen LogP contribution in [0.3, 0.4) is 0 Å². The highest BCUT2D eigenvalue weighted by Gasteiger charge is 2.17. The molecule has 2 heterocycles. The van der Waals surface area contributed by atoms with Crippen LogP contribution in [0.5, 0.6) is 11.5 Å². The van der Waals surface area contributed by atoms with Gasteiger partial charge in [-0.2, -0.15) is 0 Å². The van der Waals surface area contributed by atoms with Crippen LogP contribution >= 0.6 is 11.8 Å². The molecule has 0 N–H and O–H groups in total. The number of halogens is 1. The van der Waals surface area contributed by atoms with E-state index in [0.717, 1.165) is 11.8 Å². The lowest BCUT2D eigenvalue weighted by Crippen LogP contribution is -2.15. The van der Waals surface area contributed by atoms with Crippen molar-refractivity contribution in [2.75, 3.05) is 19.2 Å². The number of rotatable bonds is 7. The number of ketones is 1. The number of fused-ring (bicyclic) bond motifs is 1. The Morgan fingerprint density at radius 1 is 1.17 bits per heavy atom. The molecule has 0 bridgehead atoms. The summed E-state index contributed by atoms with van der Waals surface area (Å²) >= 11 is 1.13. The van der Waals surface area contributed by atoms with Gasteiger partial charge < -0.3 is 14.2 Å². The second-order valence-corrected chi connectivity index (χ2v) is 6.94. The van der Waals surface area contributed by atoms with Crippen LogP contribution in [0.25, 0.3) is 5.69 Å². The predicted octanol–water partition coefficient (Wildman–Crippen LogP) is 3.26. The zero-order valence-corrected chi connectivity index (χ0v) is 15.9. The molecule has 2 aromatic carbocycles. The number of carbonyl (C=O) groups is 2. The summed E-state index contributed by atoms with van der Waals surface area (Å²) in [5.74, 6) is -0.249. The van der Waals surface area contributed by atoms with Gasteiger partial charge in [-0.3, -0.25) is 14.2 Å². The predicted molar refractivity (Wildman–Crippen MR) is 102 cm³/mol. The van der Waals surface area contributed by atoms with E-state index in [4.69, 9.17) is 14.2 Å². The van der Waals surface area contributed by atoms with E-state index in [2.05, 4.69) is 4.98 Å². The largest absolute Gasteiger partial charge is 0.457 e. The summed E-state index contributed by atoms with van der Waals surface area (Å²) in [4.78, 5) is 28.4. The van der Waals surface area contributed by atoms with Gasteiger partial charge in [0.15, 0.2) is 29.0 Å². The first kappa shape index (κ1) is 19.0. The van der Waals surface area contributed by atoms with Crippen LogP contribution in [-0.4, -0.2) is 40.5 Å². The van der Waals surface area contributed by atoms with E-state index in [1.807, 2.05) is 0 Å². The summed E-state index contributed by atoms with van der Waals surface area (Å²) in [6.07, 6.45) is 3.23. The lowest BCUT2D eigenvalue weighted by atomic mass is 10.1. The average molecular weight is 414 g/mol. The molecule has 3 aromatic rings. The Morgan fingerprint density at radius 2 is 2.03 bits per heavy atom. The maximum atomic E-state index is 13.4. The minimum atomic E-state index is -0.558. The number of imidazole rings is 1. The fraction of sp³-hybridized carbons (Fsp3) is 0.150. The van der Waals surface area contributed by atoms with E-state index >= 15 is 0 Å². The Bertz CT molecular complexity index is 1070. The Morgan fingerprint density at radius 3 is 2.90 bits per heavy atom. The van der Waals surface area contributed by atoms with Crippen molar-refractivity contribution >= 4 is 23.5 Å². The van der Waals surface area contributed by atoms with Crippen molar-refractivity contribution < 1.29 is 28.2 Å². The lowest BCUT2D eigenvalue weighted by Gasteiger charge is -2.08. The van der Waals surface area contributed by atoms with Crippen LogP contribution in [0.15, 0.2) is 60.0 Å². The van der Waals surface area contributed by atoms with Crippen LogP contribution < -0.4 is 9.47 Å². The van der Waals surface area contributed by atoms with Gasteiger partial charge in [-0.1, -0.05) is 17.8 Å². The van der Waals surface area contributed by atoms with Crippen molar-refractivity contribution in [2.45, 2.75) is 5.16 Å². The van der Waals surface area contributed by atoms with Crippen LogP contribution in [0.2, 0.25) is 0 Å². The molecule has 0 fully saturated rings. The number of hydrogen-bond donors (Lipinski definition) is 0. The first-order valence-corrected chi connectivity index (χ1v) is 9.59. The number of aromatic nitrogens is 2. The van der Waals surface area contributed by atoms with E-state index in [1.54, 1.807) is 47.3 Å². The lowest BCUT2D eigenvalue weighted by molar-refractivity contribution is -0.139. The topological polar surface area (TPSA) is 79.7 Å². The van der Waals surface area contributed by atoms with Gasteiger partial charge in [-0.05, 0) is 36.4 Å². The molecule has 0 spiro atoms. The molecule has 0 amide bonds. The molecule has 0 aliphatic carbocycles. The standard InChI is InChI=1S/C20H15FN2O5S/c21-14-2-1-3-15(9-14)23-7-6-22-20(23)29-11-19(25)26-10-16(24)13-4-5-17-18(8-13)28-12-27-17/h1-9H,10-12H2. The Labute approximate surface area is 169 Å². The van der Waals surface area contributed by atoms with Gasteiger partial charge in [0.25, 0.3) is 0 Å². The number of Topliss-reactive ketones (excluding diaryl/α,β-unsaturated/α-hetero) is 1. The van der Waals surface area contributed by atoms with E-state index in [-0.39, 0.29) is 30.8 Å². The maximum Gasteiger partial charge on any atom is 0.316 e. The molecule has 0 saturated carbocycles. The summed E-state index contributed by atoms with van der Waals surface area (Å²) in [5, 5.41) is 0.509. The number of carbonyl (C=O) groups excluding carboxylic acids is 2. The van der Waals surface area contributed by atoms with Crippen LogP contribution in [0.1, 0.15) is 10.4 Å². The Balaban J connectivity index is 1.31. The van der Waals surface area contributed by atoms with Gasteiger partial charge >= 0.3 is 5.97 Å². The minimum absolute atomic E-state index is 0.0409. The molecule has 0 radical (unpaired) electrons. The molecule has 1 aromatic heterocycles. The molecule has 1 aliphatic heterocycles. The quantitative estimate of drug-likeness (QED) is 0.334. The third kappa shape index (κ3) is 4.40. The first-order valence-electron chi connectivity index (χ1n) is 8.61. The number of esters is 1. The molecule has 148 valence electrons. The zero-order valence-electron chi connectivity index (χ0n) is 15.0. The summed E-state index contributed by atoms with van der Waals surface area (Å²) in [5.41, 5.74) is 0.965. The van der Waals surface area contributed by atoms with Gasteiger partial charge in [-0.15, -0.1) is 0 Å². The second-order valence-electron chi connectivity index (χ2n) is 6.00. The van der Waals surface area contributed by atoms with Crippen molar-refractivity contribution in [3.05, 3.63) is 66.2 Å². The molecule has 9 heteroatoms. The van der Waals surface area contributed by atoms with E-state index in [0.29, 0.717) is 27.9 Å². The first-order chi connectivity index (χ1) is 14.1. The minimum Gasteiger partial charge on any atom is -0.457 e. The summed E-state index contributed by atoms with van der Waals surface area (Å²) in [6, 6.07) is 10.8. The number of hydrogen-bond acceptors (Lipinski definition) is 7. The summed E-state index contributed by atoms with van der Waals surface area (Å²) < 4.78 is 30.6. The van der Waals surface area contributed by atoms with Crippen molar-refractivity contribution in [1.29, 1.82) is 0 Å². The van der Waals surface area contributed by atoms with Gasteiger partial charge in [0.1, 0.15) is 5.82 Å². The number of benzene rings is 2. The highest BCUT2D eigenvalue weighted by Crippen LogP contribution is 2.32. The SMILES string of the molecule is O=C(CSc1nccn1-c1cccc(F)c1)OCC(=O)c1ccc2c(c1)OCO2. The summed E-state index contributed by atoms with van der Waals surface area (Å²) in [6.45, 7) is -0.262. The molecule has 29 heavy (non-hydrogen) atoms. The fourth-order valence-electron chi connectivity index (χ4n) is 2.68. The van der Waals surface area contributed by atoms with Crippen LogP contribution in [0.4, 0.5) is 4.39 Å².